The summed E-state index contributed by atoms with van der Waals surface area (Å²) in [5.41, 5.74) is 8.15. The molecule has 1 amide bonds. The van der Waals surface area contributed by atoms with Gasteiger partial charge >= 0.3 is 0 Å². The molecule has 1 aromatic carbocycles. The van der Waals surface area contributed by atoms with Crippen LogP contribution in [0.4, 0.5) is 10.1 Å². The molecule has 0 fully saturated rings. The standard InChI is InChI=1S/C18H18FN5O2/c1-10-15-13(14(20)16-18(26)22(2)6-7-23(15)16)17(25)24(21-10)9-11-4-3-5-12(19)8-11/h3-5,8H,6-7,9,20H2,1-2H3. The Bertz CT molecular complexity index is 1110. The number of hydrogen-bond donors (Lipinski definition) is 1. The summed E-state index contributed by atoms with van der Waals surface area (Å²) < 4.78 is 16.5. The minimum atomic E-state index is -0.385. The van der Waals surface area contributed by atoms with Crippen LogP contribution in [0.3, 0.4) is 0 Å². The van der Waals surface area contributed by atoms with E-state index in [4.69, 9.17) is 5.73 Å². The molecule has 1 aliphatic rings. The molecule has 3 heterocycles. The number of likely N-dealkylation sites (N-methyl/N-ethyl adjacent to an activating group) is 1. The number of nitrogen functional groups attached to an aromatic ring is 1. The van der Waals surface area contributed by atoms with Gasteiger partial charge in [0.2, 0.25) is 0 Å². The molecule has 7 nitrogen and oxygen atoms in total. The number of carbonyl (C=O) groups excluding carboxylic acids is 1. The van der Waals surface area contributed by atoms with Crippen LogP contribution < -0.4 is 11.3 Å². The van der Waals surface area contributed by atoms with E-state index in [1.54, 1.807) is 35.6 Å². The highest BCUT2D eigenvalue weighted by molar-refractivity contribution is 6.08. The number of fused-ring (bicyclic) bond motifs is 3. The zero-order valence-electron chi connectivity index (χ0n) is 14.5. The largest absolute Gasteiger partial charge is 0.396 e. The van der Waals surface area contributed by atoms with Crippen molar-refractivity contribution >= 4 is 22.5 Å². The lowest BCUT2D eigenvalue weighted by atomic mass is 10.2. The molecule has 2 aromatic heterocycles. The molecular weight excluding hydrogens is 337 g/mol. The van der Waals surface area contributed by atoms with Crippen molar-refractivity contribution in [3.63, 3.8) is 0 Å². The van der Waals surface area contributed by atoms with Gasteiger partial charge in [-0.05, 0) is 24.6 Å². The van der Waals surface area contributed by atoms with E-state index in [0.717, 1.165) is 0 Å². The van der Waals surface area contributed by atoms with Crippen molar-refractivity contribution in [1.29, 1.82) is 0 Å². The van der Waals surface area contributed by atoms with E-state index in [-0.39, 0.29) is 29.5 Å². The number of carbonyl (C=O) groups is 1. The summed E-state index contributed by atoms with van der Waals surface area (Å²) in [5.74, 6) is -0.582. The molecule has 134 valence electrons. The van der Waals surface area contributed by atoms with Gasteiger partial charge in [0.25, 0.3) is 11.5 Å². The number of rotatable bonds is 2. The number of anilines is 1. The molecule has 0 aliphatic carbocycles. The summed E-state index contributed by atoms with van der Waals surface area (Å²) >= 11 is 0. The van der Waals surface area contributed by atoms with Gasteiger partial charge in [-0.15, -0.1) is 0 Å². The van der Waals surface area contributed by atoms with Crippen molar-refractivity contribution in [3.05, 3.63) is 57.4 Å². The average molecular weight is 355 g/mol. The number of aryl methyl sites for hydroxylation is 1. The molecule has 0 unspecified atom stereocenters. The van der Waals surface area contributed by atoms with Crippen molar-refractivity contribution in [2.45, 2.75) is 20.0 Å². The summed E-state index contributed by atoms with van der Waals surface area (Å²) in [6.07, 6.45) is 0. The van der Waals surface area contributed by atoms with Gasteiger partial charge in [-0.25, -0.2) is 9.07 Å². The summed E-state index contributed by atoms with van der Waals surface area (Å²) in [5, 5.41) is 4.67. The van der Waals surface area contributed by atoms with Crippen molar-refractivity contribution in [1.82, 2.24) is 19.2 Å². The molecular formula is C18H18FN5O2. The average Bonchev–Trinajstić information content (AvgIpc) is 2.90. The third kappa shape index (κ3) is 2.29. The maximum Gasteiger partial charge on any atom is 0.278 e. The van der Waals surface area contributed by atoms with Crippen molar-refractivity contribution in [2.75, 3.05) is 19.3 Å². The zero-order valence-corrected chi connectivity index (χ0v) is 14.5. The van der Waals surface area contributed by atoms with Crippen LogP contribution in [0.1, 0.15) is 21.7 Å². The van der Waals surface area contributed by atoms with Crippen molar-refractivity contribution in [2.24, 2.45) is 0 Å². The first-order valence-electron chi connectivity index (χ1n) is 8.27. The minimum absolute atomic E-state index is 0.126. The van der Waals surface area contributed by atoms with Gasteiger partial charge in [-0.1, -0.05) is 12.1 Å². The number of hydrogen-bond acceptors (Lipinski definition) is 4. The Morgan fingerprint density at radius 1 is 1.27 bits per heavy atom. The third-order valence-corrected chi connectivity index (χ3v) is 4.79. The SMILES string of the molecule is Cc1nn(Cc2cccc(F)c2)c(=O)c2c(N)c3n(c12)CCN(C)C3=O. The molecule has 0 saturated carbocycles. The third-order valence-electron chi connectivity index (χ3n) is 4.79. The molecule has 0 bridgehead atoms. The van der Waals surface area contributed by atoms with Crippen LogP contribution in [-0.2, 0) is 13.1 Å². The van der Waals surface area contributed by atoms with Gasteiger partial charge in [0.15, 0.2) is 0 Å². The summed E-state index contributed by atoms with van der Waals surface area (Å²) in [4.78, 5) is 27.1. The van der Waals surface area contributed by atoms with Gasteiger partial charge in [0.1, 0.15) is 11.5 Å². The molecule has 3 aromatic rings. The predicted molar refractivity (Wildman–Crippen MR) is 95.6 cm³/mol. The number of aromatic nitrogens is 3. The van der Waals surface area contributed by atoms with E-state index in [1.807, 2.05) is 0 Å². The summed E-state index contributed by atoms with van der Waals surface area (Å²) in [6, 6.07) is 6.01. The highest BCUT2D eigenvalue weighted by Gasteiger charge is 2.30. The van der Waals surface area contributed by atoms with Gasteiger partial charge in [-0.2, -0.15) is 5.10 Å². The number of nitrogens with two attached hydrogens (primary N) is 1. The molecule has 8 heteroatoms. The Morgan fingerprint density at radius 3 is 2.77 bits per heavy atom. The van der Waals surface area contributed by atoms with Crippen LogP contribution in [-0.4, -0.2) is 38.7 Å². The fourth-order valence-electron chi connectivity index (χ4n) is 3.54. The normalized spacial score (nSPS) is 14.1. The van der Waals surface area contributed by atoms with E-state index < -0.39 is 0 Å². The first-order valence-corrected chi connectivity index (χ1v) is 8.27. The fourth-order valence-corrected chi connectivity index (χ4v) is 3.54. The molecule has 1 aliphatic heterocycles. The Morgan fingerprint density at radius 2 is 2.04 bits per heavy atom. The lowest BCUT2D eigenvalue weighted by Crippen LogP contribution is -2.37. The van der Waals surface area contributed by atoms with E-state index in [2.05, 4.69) is 5.10 Å². The smallest absolute Gasteiger partial charge is 0.278 e. The topological polar surface area (TPSA) is 86.2 Å². The Kier molecular flexibility index (Phi) is 3.57. The zero-order chi connectivity index (χ0) is 18.6. The van der Waals surface area contributed by atoms with Crippen LogP contribution in [0, 0.1) is 12.7 Å². The molecule has 0 atom stereocenters. The highest BCUT2D eigenvalue weighted by Crippen LogP contribution is 2.30. The Balaban J connectivity index is 1.94. The number of benzene rings is 1. The molecule has 0 saturated heterocycles. The quantitative estimate of drug-likeness (QED) is 0.752. The first-order chi connectivity index (χ1) is 12.4. The molecule has 26 heavy (non-hydrogen) atoms. The lowest BCUT2D eigenvalue weighted by Gasteiger charge is -2.25. The lowest BCUT2D eigenvalue weighted by molar-refractivity contribution is 0.0752. The highest BCUT2D eigenvalue weighted by atomic mass is 19.1. The first kappa shape index (κ1) is 16.3. The Labute approximate surface area is 148 Å². The maximum absolute atomic E-state index is 13.4. The summed E-state index contributed by atoms with van der Waals surface area (Å²) in [7, 11) is 1.70. The van der Waals surface area contributed by atoms with Gasteiger partial charge in [-0.3, -0.25) is 9.59 Å². The van der Waals surface area contributed by atoms with Crippen LogP contribution in [0.5, 0.6) is 0 Å². The molecule has 0 radical (unpaired) electrons. The molecule has 4 rings (SSSR count). The number of amides is 1. The number of nitrogens with zero attached hydrogens (tertiary/aromatic N) is 4. The second-order valence-corrected chi connectivity index (χ2v) is 6.54. The Hall–Kier alpha value is -3.16. The van der Waals surface area contributed by atoms with E-state index >= 15 is 0 Å². The van der Waals surface area contributed by atoms with Crippen LogP contribution in [0.2, 0.25) is 0 Å². The monoisotopic (exact) mass is 355 g/mol. The van der Waals surface area contributed by atoms with Crippen molar-refractivity contribution in [3.8, 4) is 0 Å². The predicted octanol–water partition coefficient (Wildman–Crippen LogP) is 1.36. The molecule has 0 spiro atoms. The van der Waals surface area contributed by atoms with E-state index in [0.29, 0.717) is 40.9 Å². The van der Waals surface area contributed by atoms with E-state index in [9.17, 15) is 14.0 Å². The second-order valence-electron chi connectivity index (χ2n) is 6.54. The second kappa shape index (κ2) is 5.69. The van der Waals surface area contributed by atoms with Crippen LogP contribution >= 0.6 is 0 Å². The maximum atomic E-state index is 13.4. The molecule has 2 N–H and O–H groups in total. The fraction of sp³-hybridized carbons (Fsp3) is 0.278. The number of halogens is 1. The van der Waals surface area contributed by atoms with Crippen LogP contribution in [0.25, 0.3) is 10.9 Å². The van der Waals surface area contributed by atoms with Gasteiger partial charge in [0.05, 0.1) is 28.8 Å². The van der Waals surface area contributed by atoms with Gasteiger partial charge in [0, 0.05) is 20.1 Å². The van der Waals surface area contributed by atoms with Crippen molar-refractivity contribution < 1.29 is 9.18 Å². The minimum Gasteiger partial charge on any atom is -0.396 e. The van der Waals surface area contributed by atoms with E-state index in [1.165, 1.54) is 16.8 Å². The van der Waals surface area contributed by atoms with Gasteiger partial charge < -0.3 is 15.2 Å². The summed E-state index contributed by atoms with van der Waals surface area (Å²) in [6.45, 7) is 3.00. The van der Waals surface area contributed by atoms with Crippen LogP contribution in [0.15, 0.2) is 29.1 Å².